The van der Waals surface area contributed by atoms with Crippen LogP contribution in [0.3, 0.4) is 0 Å². The van der Waals surface area contributed by atoms with Crippen LogP contribution in [0, 0.1) is 0 Å². The maximum absolute atomic E-state index is 3.76. The van der Waals surface area contributed by atoms with E-state index in [4.69, 9.17) is 0 Å². The first-order valence-corrected chi connectivity index (χ1v) is 6.51. The highest BCUT2D eigenvalue weighted by atomic mass is 14.7. The molecule has 0 aliphatic heterocycles. The Morgan fingerprint density at radius 3 is 2.63 bits per heavy atom. The predicted octanol–water partition coefficient (Wildman–Crippen LogP) is 4.75. The summed E-state index contributed by atoms with van der Waals surface area (Å²) in [6.07, 6.45) is 8.87. The third kappa shape index (κ3) is 3.59. The van der Waals surface area contributed by atoms with Crippen molar-refractivity contribution < 1.29 is 0 Å². The highest BCUT2D eigenvalue weighted by Crippen LogP contribution is 2.17. The molecule has 0 spiro atoms. The second kappa shape index (κ2) is 6.60. The molecular weight excluding hydrogens is 230 g/mol. The molecule has 0 aliphatic rings. The van der Waals surface area contributed by atoms with Gasteiger partial charge >= 0.3 is 0 Å². The van der Waals surface area contributed by atoms with Gasteiger partial charge in [0.15, 0.2) is 0 Å². The fourth-order valence-electron chi connectivity index (χ4n) is 2.07. The van der Waals surface area contributed by atoms with Crippen LogP contribution in [0.1, 0.15) is 23.9 Å². The van der Waals surface area contributed by atoms with Crippen LogP contribution in [0.4, 0.5) is 0 Å². The van der Waals surface area contributed by atoms with E-state index < -0.39 is 0 Å². The van der Waals surface area contributed by atoms with Gasteiger partial charge in [-0.15, -0.1) is 0 Å². The van der Waals surface area contributed by atoms with Gasteiger partial charge in [0.1, 0.15) is 0 Å². The van der Waals surface area contributed by atoms with E-state index in [1.807, 2.05) is 31.2 Å². The highest BCUT2D eigenvalue weighted by Gasteiger charge is 2.02. The molecule has 0 bridgehead atoms. The lowest BCUT2D eigenvalue weighted by atomic mass is 10.1. The molecule has 0 amide bonds. The Kier molecular flexibility index (Phi) is 4.57. The van der Waals surface area contributed by atoms with Gasteiger partial charge in [0, 0.05) is 17.8 Å². The molecule has 1 heteroatoms. The maximum atomic E-state index is 3.76. The van der Waals surface area contributed by atoms with Gasteiger partial charge in [0.05, 0.1) is 0 Å². The lowest BCUT2D eigenvalue weighted by molar-refractivity contribution is 1.10. The average molecular weight is 249 g/mol. The minimum absolute atomic E-state index is 0.929. The number of aromatic nitrogens is 1. The van der Waals surface area contributed by atoms with E-state index in [0.717, 1.165) is 17.7 Å². The first-order valence-electron chi connectivity index (χ1n) is 6.51. The van der Waals surface area contributed by atoms with Crippen LogP contribution in [-0.4, -0.2) is 4.98 Å². The van der Waals surface area contributed by atoms with Crippen LogP contribution < -0.4 is 0 Å². The number of aromatic amines is 1. The third-order valence-electron chi connectivity index (χ3n) is 2.94. The van der Waals surface area contributed by atoms with Gasteiger partial charge < -0.3 is 4.98 Å². The predicted molar refractivity (Wildman–Crippen MR) is 83.0 cm³/mol. The molecular formula is C18H19N. The smallest absolute Gasteiger partial charge is 0.0456 e. The van der Waals surface area contributed by atoms with Gasteiger partial charge in [-0.25, -0.2) is 0 Å². The topological polar surface area (TPSA) is 15.8 Å². The summed E-state index contributed by atoms with van der Waals surface area (Å²) in [4.78, 5) is 3.46. The minimum atomic E-state index is 0.929. The lowest BCUT2D eigenvalue weighted by Gasteiger charge is -2.00. The van der Waals surface area contributed by atoms with Crippen LogP contribution in [0.15, 0.2) is 73.3 Å². The van der Waals surface area contributed by atoms with Crippen LogP contribution in [-0.2, 0) is 6.42 Å². The molecule has 0 aliphatic carbocycles. The van der Waals surface area contributed by atoms with Crippen LogP contribution in [0.5, 0.6) is 0 Å². The summed E-state index contributed by atoms with van der Waals surface area (Å²) in [5.74, 6) is 0. The van der Waals surface area contributed by atoms with Crippen molar-refractivity contribution >= 4 is 5.57 Å². The first-order chi connectivity index (χ1) is 9.33. The number of nitrogens with one attached hydrogen (secondary N) is 1. The molecule has 1 N–H and O–H groups in total. The molecule has 0 saturated heterocycles. The van der Waals surface area contributed by atoms with Gasteiger partial charge in [0.2, 0.25) is 0 Å². The van der Waals surface area contributed by atoms with Crippen molar-refractivity contribution in [3.8, 4) is 0 Å². The van der Waals surface area contributed by atoms with E-state index >= 15 is 0 Å². The minimum Gasteiger partial charge on any atom is -0.358 e. The summed E-state index contributed by atoms with van der Waals surface area (Å²) < 4.78 is 0. The summed E-state index contributed by atoms with van der Waals surface area (Å²) >= 11 is 0. The van der Waals surface area contributed by atoms with Gasteiger partial charge in [-0.3, -0.25) is 0 Å². The Bertz CT molecular complexity index is 585. The number of hydrogen-bond acceptors (Lipinski definition) is 0. The first kappa shape index (κ1) is 13.2. The van der Waals surface area contributed by atoms with Crippen molar-refractivity contribution in [2.75, 3.05) is 0 Å². The SMILES string of the molecule is C=C/C=C(\C=C/C)c1ccc(Cc2ccccc2)[nH]1. The summed E-state index contributed by atoms with van der Waals surface area (Å²) in [5, 5.41) is 0. The van der Waals surface area contributed by atoms with Crippen LogP contribution in [0.2, 0.25) is 0 Å². The highest BCUT2D eigenvalue weighted by molar-refractivity contribution is 5.73. The summed E-state index contributed by atoms with van der Waals surface area (Å²) in [6.45, 7) is 5.78. The molecule has 1 aromatic heterocycles. The number of hydrogen-bond donors (Lipinski definition) is 1. The second-order valence-corrected chi connectivity index (χ2v) is 4.42. The van der Waals surface area contributed by atoms with E-state index in [2.05, 4.69) is 54.0 Å². The van der Waals surface area contributed by atoms with E-state index in [1.54, 1.807) is 0 Å². The average Bonchev–Trinajstić information content (AvgIpc) is 2.88. The molecule has 1 nitrogen and oxygen atoms in total. The standard InChI is InChI=1S/C18H19N/c1-3-8-16(9-4-2)18-13-12-17(19-18)14-15-10-6-5-7-11-15/h3-13,19H,1,14H2,2H3/b9-4-,16-8+. The zero-order valence-electron chi connectivity index (χ0n) is 11.3. The Morgan fingerprint density at radius 2 is 1.95 bits per heavy atom. The van der Waals surface area contributed by atoms with E-state index in [0.29, 0.717) is 0 Å². The molecule has 0 radical (unpaired) electrons. The fourth-order valence-corrected chi connectivity index (χ4v) is 2.07. The Labute approximate surface area is 115 Å². The monoisotopic (exact) mass is 249 g/mol. The van der Waals surface area contributed by atoms with Crippen molar-refractivity contribution in [3.63, 3.8) is 0 Å². The molecule has 96 valence electrons. The fraction of sp³-hybridized carbons (Fsp3) is 0.111. The molecule has 2 aromatic rings. The maximum Gasteiger partial charge on any atom is 0.0456 e. The number of allylic oxidation sites excluding steroid dienone is 5. The second-order valence-electron chi connectivity index (χ2n) is 4.42. The molecule has 2 rings (SSSR count). The van der Waals surface area contributed by atoms with E-state index in [9.17, 15) is 0 Å². The van der Waals surface area contributed by atoms with Crippen molar-refractivity contribution in [1.82, 2.24) is 4.98 Å². The van der Waals surface area contributed by atoms with E-state index in [-0.39, 0.29) is 0 Å². The zero-order chi connectivity index (χ0) is 13.5. The Morgan fingerprint density at radius 1 is 1.16 bits per heavy atom. The van der Waals surface area contributed by atoms with Crippen molar-refractivity contribution in [3.05, 3.63) is 90.3 Å². The van der Waals surface area contributed by atoms with Crippen molar-refractivity contribution in [2.45, 2.75) is 13.3 Å². The Hall–Kier alpha value is -2.28. The van der Waals surface area contributed by atoms with Crippen LogP contribution >= 0.6 is 0 Å². The summed E-state index contributed by atoms with van der Waals surface area (Å²) in [5.41, 5.74) is 4.82. The number of rotatable bonds is 5. The molecule has 0 fully saturated rings. The number of benzene rings is 1. The molecule has 0 atom stereocenters. The molecule has 1 aromatic carbocycles. The Balaban J connectivity index is 2.19. The molecule has 0 unspecified atom stereocenters. The molecule has 19 heavy (non-hydrogen) atoms. The molecule has 0 saturated carbocycles. The van der Waals surface area contributed by atoms with Crippen molar-refractivity contribution in [1.29, 1.82) is 0 Å². The summed E-state index contributed by atoms with van der Waals surface area (Å²) in [6, 6.07) is 14.7. The third-order valence-corrected chi connectivity index (χ3v) is 2.94. The largest absolute Gasteiger partial charge is 0.358 e. The van der Waals surface area contributed by atoms with E-state index in [1.165, 1.54) is 11.3 Å². The van der Waals surface area contributed by atoms with Gasteiger partial charge in [-0.2, -0.15) is 0 Å². The summed E-state index contributed by atoms with van der Waals surface area (Å²) in [7, 11) is 0. The lowest BCUT2D eigenvalue weighted by Crippen LogP contribution is -1.88. The van der Waals surface area contributed by atoms with Gasteiger partial charge in [-0.05, 0) is 30.2 Å². The zero-order valence-corrected chi connectivity index (χ0v) is 11.3. The van der Waals surface area contributed by atoms with Crippen LogP contribution in [0.25, 0.3) is 5.57 Å². The van der Waals surface area contributed by atoms with Gasteiger partial charge in [-0.1, -0.05) is 61.2 Å². The normalized spacial score (nSPS) is 11.9. The number of H-pyrrole nitrogens is 1. The molecule has 1 heterocycles. The van der Waals surface area contributed by atoms with Gasteiger partial charge in [0.25, 0.3) is 0 Å². The van der Waals surface area contributed by atoms with Crippen molar-refractivity contribution in [2.24, 2.45) is 0 Å². The quantitative estimate of drug-likeness (QED) is 0.736.